The minimum Gasteiger partial charge on any atom is -0.312 e. The predicted molar refractivity (Wildman–Crippen MR) is 91.2 cm³/mol. The minimum absolute atomic E-state index is 0.428. The summed E-state index contributed by atoms with van der Waals surface area (Å²) in [5, 5.41) is 3.31. The SMILES string of the molecule is CCCNCc1cc(S(=O)(=O)N2CCC(CC)C2)c(Br)s1. The number of hydrogen-bond donors (Lipinski definition) is 1. The van der Waals surface area contributed by atoms with Crippen molar-refractivity contribution in [3.8, 4) is 0 Å². The van der Waals surface area contributed by atoms with Crippen LogP contribution < -0.4 is 5.32 Å². The summed E-state index contributed by atoms with van der Waals surface area (Å²) in [6.07, 6.45) is 3.09. The fourth-order valence-corrected chi connectivity index (χ4v) is 6.67. The molecule has 0 radical (unpaired) electrons. The van der Waals surface area contributed by atoms with E-state index < -0.39 is 10.0 Å². The largest absolute Gasteiger partial charge is 0.312 e. The number of sulfonamides is 1. The monoisotopic (exact) mass is 394 g/mol. The van der Waals surface area contributed by atoms with E-state index in [1.807, 2.05) is 6.07 Å². The molecule has 21 heavy (non-hydrogen) atoms. The van der Waals surface area contributed by atoms with Crippen LogP contribution in [0.1, 0.15) is 38.0 Å². The van der Waals surface area contributed by atoms with E-state index in [2.05, 4.69) is 35.1 Å². The number of nitrogens with zero attached hydrogens (tertiary/aromatic N) is 1. The Morgan fingerprint density at radius 3 is 2.86 bits per heavy atom. The fraction of sp³-hybridized carbons (Fsp3) is 0.714. The Morgan fingerprint density at radius 1 is 1.48 bits per heavy atom. The van der Waals surface area contributed by atoms with Gasteiger partial charge in [0.15, 0.2) is 0 Å². The third-order valence-corrected chi connectivity index (χ3v) is 7.99. The van der Waals surface area contributed by atoms with E-state index in [-0.39, 0.29) is 0 Å². The molecule has 0 spiro atoms. The maximum absolute atomic E-state index is 12.7. The van der Waals surface area contributed by atoms with Crippen LogP contribution in [0.4, 0.5) is 0 Å². The third kappa shape index (κ3) is 4.07. The molecule has 1 aromatic heterocycles. The van der Waals surface area contributed by atoms with Crippen LogP contribution in [0.5, 0.6) is 0 Å². The molecule has 4 nitrogen and oxygen atoms in total. The predicted octanol–water partition coefficient (Wildman–Crippen LogP) is 3.43. The normalized spacial score (nSPS) is 20.2. The molecule has 1 N–H and O–H groups in total. The van der Waals surface area contributed by atoms with Crippen molar-refractivity contribution in [1.29, 1.82) is 0 Å². The fourth-order valence-electron chi connectivity index (χ4n) is 2.54. The molecular weight excluding hydrogens is 372 g/mol. The summed E-state index contributed by atoms with van der Waals surface area (Å²) in [7, 11) is -3.35. The number of thiophene rings is 1. The van der Waals surface area contributed by atoms with E-state index in [0.717, 1.165) is 41.0 Å². The number of nitrogens with one attached hydrogen (secondary N) is 1. The molecule has 1 atom stereocenters. The molecule has 0 aliphatic carbocycles. The van der Waals surface area contributed by atoms with Gasteiger partial charge in [-0.3, -0.25) is 0 Å². The van der Waals surface area contributed by atoms with Crippen molar-refractivity contribution in [3.05, 3.63) is 14.7 Å². The van der Waals surface area contributed by atoms with Crippen molar-refractivity contribution in [2.75, 3.05) is 19.6 Å². The lowest BCUT2D eigenvalue weighted by Gasteiger charge is -2.15. The van der Waals surface area contributed by atoms with Gasteiger partial charge >= 0.3 is 0 Å². The summed E-state index contributed by atoms with van der Waals surface area (Å²) < 4.78 is 27.8. The summed E-state index contributed by atoms with van der Waals surface area (Å²) >= 11 is 4.93. The molecule has 1 fully saturated rings. The first-order valence-corrected chi connectivity index (χ1v) is 10.5. The lowest BCUT2D eigenvalue weighted by Crippen LogP contribution is -2.28. The Labute approximate surface area is 140 Å². The van der Waals surface area contributed by atoms with Crippen LogP contribution in [0.3, 0.4) is 0 Å². The molecule has 1 unspecified atom stereocenters. The van der Waals surface area contributed by atoms with Crippen molar-refractivity contribution < 1.29 is 8.42 Å². The maximum atomic E-state index is 12.7. The molecule has 0 amide bonds. The van der Waals surface area contributed by atoms with Crippen LogP contribution in [-0.4, -0.2) is 32.4 Å². The highest BCUT2D eigenvalue weighted by Gasteiger charge is 2.33. The van der Waals surface area contributed by atoms with E-state index in [4.69, 9.17) is 0 Å². The molecule has 1 aliphatic heterocycles. The second-order valence-electron chi connectivity index (χ2n) is 5.45. The second kappa shape index (κ2) is 7.55. The van der Waals surface area contributed by atoms with Gasteiger partial charge in [0, 0.05) is 24.5 Å². The quantitative estimate of drug-likeness (QED) is 0.720. The van der Waals surface area contributed by atoms with E-state index in [1.54, 1.807) is 4.31 Å². The Balaban J connectivity index is 2.13. The third-order valence-electron chi connectivity index (χ3n) is 3.88. The molecule has 0 aromatic carbocycles. The Hall–Kier alpha value is 0.0500. The average Bonchev–Trinajstić information content (AvgIpc) is 3.06. The first-order valence-electron chi connectivity index (χ1n) is 7.48. The maximum Gasteiger partial charge on any atom is 0.245 e. The van der Waals surface area contributed by atoms with Gasteiger partial charge in [0.1, 0.15) is 4.90 Å². The van der Waals surface area contributed by atoms with Crippen molar-refractivity contribution in [1.82, 2.24) is 9.62 Å². The molecule has 120 valence electrons. The lowest BCUT2D eigenvalue weighted by molar-refractivity contribution is 0.453. The van der Waals surface area contributed by atoms with Crippen molar-refractivity contribution in [3.63, 3.8) is 0 Å². The van der Waals surface area contributed by atoms with Gasteiger partial charge in [-0.05, 0) is 47.3 Å². The summed E-state index contributed by atoms with van der Waals surface area (Å²) in [6, 6.07) is 1.81. The second-order valence-corrected chi connectivity index (χ2v) is 9.81. The van der Waals surface area contributed by atoms with Gasteiger partial charge in [-0.15, -0.1) is 11.3 Å². The number of halogens is 1. The zero-order valence-corrected chi connectivity index (χ0v) is 15.8. The van der Waals surface area contributed by atoms with Crippen molar-refractivity contribution >= 4 is 37.3 Å². The molecule has 0 bridgehead atoms. The molecule has 7 heteroatoms. The van der Waals surface area contributed by atoms with Crippen LogP contribution in [0.2, 0.25) is 0 Å². The molecule has 2 heterocycles. The van der Waals surface area contributed by atoms with Crippen LogP contribution in [0.15, 0.2) is 14.7 Å². The summed E-state index contributed by atoms with van der Waals surface area (Å²) in [4.78, 5) is 1.48. The van der Waals surface area contributed by atoms with Crippen molar-refractivity contribution in [2.24, 2.45) is 5.92 Å². The zero-order valence-electron chi connectivity index (χ0n) is 12.6. The molecule has 1 aromatic rings. The zero-order chi connectivity index (χ0) is 15.5. The van der Waals surface area contributed by atoms with Crippen LogP contribution in [0.25, 0.3) is 0 Å². The molecule has 1 saturated heterocycles. The highest BCUT2D eigenvalue weighted by atomic mass is 79.9. The Kier molecular flexibility index (Phi) is 6.25. The van der Waals surface area contributed by atoms with Gasteiger partial charge in [0.2, 0.25) is 10.0 Å². The van der Waals surface area contributed by atoms with Crippen LogP contribution in [-0.2, 0) is 16.6 Å². The first-order chi connectivity index (χ1) is 9.98. The topological polar surface area (TPSA) is 49.4 Å². The van der Waals surface area contributed by atoms with Crippen LogP contribution >= 0.6 is 27.3 Å². The molecular formula is C14H23BrN2O2S2. The Morgan fingerprint density at radius 2 is 2.24 bits per heavy atom. The summed E-state index contributed by atoms with van der Waals surface area (Å²) in [5.41, 5.74) is 0. The Bertz CT molecular complexity index is 572. The van der Waals surface area contributed by atoms with E-state index in [1.165, 1.54) is 11.3 Å². The highest BCUT2D eigenvalue weighted by molar-refractivity contribution is 9.11. The number of rotatable bonds is 7. The van der Waals surface area contributed by atoms with Gasteiger partial charge in [0.25, 0.3) is 0 Å². The van der Waals surface area contributed by atoms with Crippen molar-refractivity contribution in [2.45, 2.75) is 44.6 Å². The highest BCUT2D eigenvalue weighted by Crippen LogP contribution is 2.35. The van der Waals surface area contributed by atoms with E-state index >= 15 is 0 Å². The van der Waals surface area contributed by atoms with E-state index in [0.29, 0.717) is 23.9 Å². The standard InChI is InChI=1S/C14H23BrN2O2S2/c1-3-6-16-9-12-8-13(14(15)20-12)21(18,19)17-7-5-11(4-2)10-17/h8,11,16H,3-7,9-10H2,1-2H3. The molecule has 0 saturated carbocycles. The van der Waals surface area contributed by atoms with Gasteiger partial charge in [-0.1, -0.05) is 20.3 Å². The molecule has 2 rings (SSSR count). The van der Waals surface area contributed by atoms with Gasteiger partial charge < -0.3 is 5.32 Å². The van der Waals surface area contributed by atoms with Gasteiger partial charge in [0.05, 0.1) is 3.79 Å². The van der Waals surface area contributed by atoms with E-state index in [9.17, 15) is 8.42 Å². The summed E-state index contributed by atoms with van der Waals surface area (Å²) in [5.74, 6) is 0.503. The van der Waals surface area contributed by atoms with Gasteiger partial charge in [-0.2, -0.15) is 4.31 Å². The van der Waals surface area contributed by atoms with Crippen LogP contribution in [0, 0.1) is 5.92 Å². The van der Waals surface area contributed by atoms with Gasteiger partial charge in [-0.25, -0.2) is 8.42 Å². The average molecular weight is 395 g/mol. The lowest BCUT2D eigenvalue weighted by atomic mass is 10.1. The first kappa shape index (κ1) is 17.4. The summed E-state index contributed by atoms with van der Waals surface area (Å²) in [6.45, 7) is 7.22. The minimum atomic E-state index is -3.35. The number of hydrogen-bond acceptors (Lipinski definition) is 4. The smallest absolute Gasteiger partial charge is 0.245 e. The molecule has 1 aliphatic rings.